The minimum atomic E-state index is -0.563. The Balaban J connectivity index is 0.00000216. The van der Waals surface area contributed by atoms with Crippen LogP contribution in [0.15, 0.2) is 45.0 Å². The van der Waals surface area contributed by atoms with Gasteiger partial charge in [-0.1, -0.05) is 73.3 Å². The van der Waals surface area contributed by atoms with Crippen molar-refractivity contribution in [3.63, 3.8) is 0 Å². The maximum absolute atomic E-state index is 12.8. The SMILES string of the molecule is C.C.CC1=CC=C([C@H](Nc2c(Nc3ccc(C)c4c3C(=O)N(C)C4)c(=O)c2=O)C(C)(C)C)C1(C)C. The van der Waals surface area contributed by atoms with Crippen molar-refractivity contribution >= 4 is 23.0 Å². The molecule has 1 heterocycles. The largest absolute Gasteiger partial charge is 0.373 e. The lowest BCUT2D eigenvalue weighted by Crippen LogP contribution is -2.45. The zero-order chi connectivity index (χ0) is 24.5. The third kappa shape index (κ3) is 4.35. The number of amides is 1. The summed E-state index contributed by atoms with van der Waals surface area (Å²) in [5.74, 6) is -0.0867. The second-order valence-electron chi connectivity index (χ2n) is 11.0. The van der Waals surface area contributed by atoms with E-state index in [1.165, 1.54) is 11.1 Å². The molecule has 0 bridgehead atoms. The standard InChI is InChI=1S/C27H33N3O3.2CH4/c1-14-9-12-18(19-16(14)13-30(8)25(19)33)28-20-21(23(32)22(20)31)29-24(26(3,4)5)17-11-10-15(2)27(17,6)7;;/h9-12,24,28-29H,13H2,1-8H3;2*1H4/t24-;;/m0../s1. The highest BCUT2D eigenvalue weighted by atomic mass is 16.2. The van der Waals surface area contributed by atoms with E-state index >= 15 is 0 Å². The van der Waals surface area contributed by atoms with Crippen molar-refractivity contribution in [1.29, 1.82) is 0 Å². The van der Waals surface area contributed by atoms with E-state index in [-0.39, 0.29) is 49.0 Å². The first-order valence-electron chi connectivity index (χ1n) is 11.4. The van der Waals surface area contributed by atoms with E-state index in [0.717, 1.165) is 11.1 Å². The fourth-order valence-electron chi connectivity index (χ4n) is 4.81. The zero-order valence-electron chi connectivity index (χ0n) is 20.8. The quantitative estimate of drug-likeness (QED) is 0.520. The summed E-state index contributed by atoms with van der Waals surface area (Å²) in [5, 5.41) is 6.54. The van der Waals surface area contributed by atoms with Gasteiger partial charge in [-0.3, -0.25) is 14.4 Å². The molecule has 1 atom stereocenters. The normalized spacial score (nSPS) is 17.3. The number of hydrogen-bond donors (Lipinski definition) is 2. The summed E-state index contributed by atoms with van der Waals surface area (Å²) in [6.45, 7) is 15.3. The number of fused-ring (bicyclic) bond motifs is 1. The van der Waals surface area contributed by atoms with Crippen molar-refractivity contribution in [2.75, 3.05) is 17.7 Å². The number of anilines is 3. The number of carbonyl (C=O) groups excluding carboxylic acids is 1. The molecule has 0 saturated carbocycles. The van der Waals surface area contributed by atoms with Crippen molar-refractivity contribution in [3.8, 4) is 0 Å². The number of allylic oxidation sites excluding steroid dienone is 3. The van der Waals surface area contributed by atoms with Crippen molar-refractivity contribution in [2.45, 2.75) is 75.9 Å². The van der Waals surface area contributed by atoms with Gasteiger partial charge in [0.1, 0.15) is 11.4 Å². The molecule has 0 fully saturated rings. The van der Waals surface area contributed by atoms with Crippen LogP contribution in [0.25, 0.3) is 0 Å². The Morgan fingerprint density at radius 1 is 0.971 bits per heavy atom. The first-order chi connectivity index (χ1) is 15.2. The number of rotatable bonds is 5. The molecule has 190 valence electrons. The molecule has 2 N–H and O–H groups in total. The molecule has 2 aromatic rings. The summed E-state index contributed by atoms with van der Waals surface area (Å²) < 4.78 is 0. The van der Waals surface area contributed by atoms with Gasteiger partial charge in [0.15, 0.2) is 0 Å². The molecule has 2 aliphatic rings. The van der Waals surface area contributed by atoms with Gasteiger partial charge in [0.25, 0.3) is 16.8 Å². The monoisotopic (exact) mass is 479 g/mol. The van der Waals surface area contributed by atoms with Gasteiger partial charge in [0.2, 0.25) is 0 Å². The Hall–Kier alpha value is -3.15. The highest BCUT2D eigenvalue weighted by molar-refractivity contribution is 6.04. The summed E-state index contributed by atoms with van der Waals surface area (Å²) in [4.78, 5) is 39.7. The highest BCUT2D eigenvalue weighted by Crippen LogP contribution is 2.46. The average Bonchev–Trinajstić information content (AvgIpc) is 3.18. The van der Waals surface area contributed by atoms with Gasteiger partial charge in [0, 0.05) is 19.0 Å². The van der Waals surface area contributed by atoms with Crippen LogP contribution in [0.2, 0.25) is 0 Å². The van der Waals surface area contributed by atoms with Gasteiger partial charge in [-0.25, -0.2) is 0 Å². The van der Waals surface area contributed by atoms with E-state index in [9.17, 15) is 14.4 Å². The molecule has 35 heavy (non-hydrogen) atoms. The van der Waals surface area contributed by atoms with Crippen LogP contribution in [0, 0.1) is 17.8 Å². The molecule has 0 aromatic heterocycles. The number of hydrogen-bond acceptors (Lipinski definition) is 5. The lowest BCUT2D eigenvalue weighted by molar-refractivity contribution is 0.0817. The molecule has 4 rings (SSSR count). The Morgan fingerprint density at radius 2 is 1.57 bits per heavy atom. The van der Waals surface area contributed by atoms with Crippen molar-refractivity contribution in [2.24, 2.45) is 10.8 Å². The van der Waals surface area contributed by atoms with Gasteiger partial charge in [-0.15, -0.1) is 0 Å². The molecule has 2 aromatic carbocycles. The van der Waals surface area contributed by atoms with Crippen molar-refractivity contribution in [3.05, 3.63) is 72.6 Å². The van der Waals surface area contributed by atoms with Gasteiger partial charge < -0.3 is 15.5 Å². The minimum Gasteiger partial charge on any atom is -0.373 e. The zero-order valence-corrected chi connectivity index (χ0v) is 20.8. The first kappa shape index (κ1) is 28.1. The van der Waals surface area contributed by atoms with Gasteiger partial charge in [-0.2, -0.15) is 0 Å². The van der Waals surface area contributed by atoms with Crippen LogP contribution in [0.3, 0.4) is 0 Å². The fourth-order valence-corrected chi connectivity index (χ4v) is 4.81. The molecule has 1 aliphatic heterocycles. The molecule has 6 heteroatoms. The van der Waals surface area contributed by atoms with E-state index in [2.05, 4.69) is 64.3 Å². The molecule has 1 amide bonds. The van der Waals surface area contributed by atoms with Gasteiger partial charge in [0.05, 0.1) is 17.3 Å². The predicted molar refractivity (Wildman–Crippen MR) is 148 cm³/mol. The highest BCUT2D eigenvalue weighted by Gasteiger charge is 2.40. The van der Waals surface area contributed by atoms with Gasteiger partial charge >= 0.3 is 0 Å². The third-order valence-electron chi connectivity index (χ3n) is 7.36. The fraction of sp³-hybridized carbons (Fsp3) is 0.483. The second-order valence-corrected chi connectivity index (χ2v) is 11.0. The van der Waals surface area contributed by atoms with Crippen LogP contribution in [0.1, 0.15) is 77.9 Å². The van der Waals surface area contributed by atoms with Crippen molar-refractivity contribution < 1.29 is 4.79 Å². The summed E-state index contributed by atoms with van der Waals surface area (Å²) >= 11 is 0. The third-order valence-corrected chi connectivity index (χ3v) is 7.36. The maximum Gasteiger partial charge on any atom is 0.256 e. The average molecular weight is 480 g/mol. The van der Waals surface area contributed by atoms with E-state index in [1.807, 2.05) is 19.1 Å². The Labute approximate surface area is 209 Å². The number of nitrogens with one attached hydrogen (secondary N) is 2. The van der Waals surface area contributed by atoms with E-state index in [1.54, 1.807) is 11.9 Å². The lowest BCUT2D eigenvalue weighted by atomic mass is 9.71. The van der Waals surface area contributed by atoms with Crippen molar-refractivity contribution in [1.82, 2.24) is 4.90 Å². The Morgan fingerprint density at radius 3 is 2.11 bits per heavy atom. The molecule has 0 spiro atoms. The first-order valence-corrected chi connectivity index (χ1v) is 11.4. The molecular weight excluding hydrogens is 438 g/mol. The molecule has 6 nitrogen and oxygen atoms in total. The Bertz CT molecular complexity index is 1300. The predicted octanol–water partition coefficient (Wildman–Crippen LogP) is 5.93. The summed E-state index contributed by atoms with van der Waals surface area (Å²) in [5.41, 5.74) is 4.62. The molecule has 0 saturated heterocycles. The van der Waals surface area contributed by atoms with Crippen LogP contribution in [0.4, 0.5) is 17.1 Å². The molecule has 1 aliphatic carbocycles. The van der Waals surface area contributed by atoms with Crippen LogP contribution >= 0.6 is 0 Å². The summed E-state index contributed by atoms with van der Waals surface area (Å²) in [7, 11) is 1.76. The van der Waals surface area contributed by atoms with Crippen LogP contribution in [-0.4, -0.2) is 23.9 Å². The van der Waals surface area contributed by atoms with E-state index in [0.29, 0.717) is 17.8 Å². The maximum atomic E-state index is 12.8. The van der Waals surface area contributed by atoms with Crippen LogP contribution in [-0.2, 0) is 6.54 Å². The number of aryl methyl sites for hydroxylation is 1. The van der Waals surface area contributed by atoms with E-state index in [4.69, 9.17) is 0 Å². The second kappa shape index (κ2) is 9.14. The molecule has 0 unspecified atom stereocenters. The minimum absolute atomic E-state index is 0. The number of carbonyl (C=O) groups is 1. The van der Waals surface area contributed by atoms with Crippen LogP contribution < -0.4 is 21.5 Å². The van der Waals surface area contributed by atoms with Gasteiger partial charge in [-0.05, 0) is 42.0 Å². The molecule has 0 radical (unpaired) electrons. The van der Waals surface area contributed by atoms with E-state index < -0.39 is 10.9 Å². The Kier molecular flexibility index (Phi) is 7.33. The number of nitrogens with zero attached hydrogens (tertiary/aromatic N) is 1. The topological polar surface area (TPSA) is 78.5 Å². The lowest BCUT2D eigenvalue weighted by Gasteiger charge is -2.40. The smallest absolute Gasteiger partial charge is 0.256 e. The summed E-state index contributed by atoms with van der Waals surface area (Å²) in [6, 6.07) is 3.59. The summed E-state index contributed by atoms with van der Waals surface area (Å²) in [6.07, 6.45) is 4.24. The van der Waals surface area contributed by atoms with Crippen LogP contribution in [0.5, 0.6) is 0 Å². The number of benzene rings is 1. The molecular formula is C29H41N3O3.